The smallest absolute Gasteiger partial charge is 0.303 e. The van der Waals surface area contributed by atoms with E-state index in [9.17, 15) is 4.79 Å². The molecular formula is C19H30O3. The standard InChI is InChI=1S/C19H30O3/c1-8-22-17-14(18(2,3)4)11-13(9-10-16(20)21)12-15(17)19(5,6)7/h11-12H,8-10H2,1-7H3,(H,20,21). The Morgan fingerprint density at radius 3 is 1.82 bits per heavy atom. The molecule has 0 radical (unpaired) electrons. The second-order valence-electron chi connectivity index (χ2n) is 7.85. The van der Waals surface area contributed by atoms with Crippen molar-refractivity contribution >= 4 is 5.97 Å². The molecule has 1 rings (SSSR count). The molecule has 0 atom stereocenters. The van der Waals surface area contributed by atoms with Crippen LogP contribution in [0.25, 0.3) is 0 Å². The molecule has 3 heteroatoms. The monoisotopic (exact) mass is 306 g/mol. The summed E-state index contributed by atoms with van der Waals surface area (Å²) in [5.74, 6) is 0.199. The Hall–Kier alpha value is -1.51. The highest BCUT2D eigenvalue weighted by Crippen LogP contribution is 2.40. The van der Waals surface area contributed by atoms with Gasteiger partial charge in [-0.05, 0) is 29.7 Å². The molecule has 3 nitrogen and oxygen atoms in total. The molecule has 0 saturated heterocycles. The van der Waals surface area contributed by atoms with Crippen LogP contribution < -0.4 is 4.74 Å². The predicted molar refractivity (Wildman–Crippen MR) is 91.0 cm³/mol. The number of hydrogen-bond acceptors (Lipinski definition) is 2. The highest BCUT2D eigenvalue weighted by atomic mass is 16.5. The highest BCUT2D eigenvalue weighted by molar-refractivity contribution is 5.67. The van der Waals surface area contributed by atoms with Gasteiger partial charge in [0.2, 0.25) is 0 Å². The Labute approximate surface area is 134 Å². The summed E-state index contributed by atoms with van der Waals surface area (Å²) in [7, 11) is 0. The molecule has 1 N–H and O–H groups in total. The van der Waals surface area contributed by atoms with Crippen LogP contribution in [0.2, 0.25) is 0 Å². The zero-order valence-corrected chi connectivity index (χ0v) is 15.0. The van der Waals surface area contributed by atoms with Crippen molar-refractivity contribution in [2.24, 2.45) is 0 Å². The number of ether oxygens (including phenoxy) is 1. The molecule has 0 aliphatic carbocycles. The van der Waals surface area contributed by atoms with Gasteiger partial charge >= 0.3 is 5.97 Å². The molecule has 0 aliphatic rings. The summed E-state index contributed by atoms with van der Waals surface area (Å²) in [6, 6.07) is 4.23. The van der Waals surface area contributed by atoms with Crippen LogP contribution in [0.3, 0.4) is 0 Å². The van der Waals surface area contributed by atoms with Crippen molar-refractivity contribution in [3.63, 3.8) is 0 Å². The summed E-state index contributed by atoms with van der Waals surface area (Å²) >= 11 is 0. The Balaban J connectivity index is 3.50. The van der Waals surface area contributed by atoms with Crippen molar-refractivity contribution in [1.82, 2.24) is 0 Å². The van der Waals surface area contributed by atoms with E-state index < -0.39 is 5.97 Å². The topological polar surface area (TPSA) is 46.5 Å². The van der Waals surface area contributed by atoms with E-state index in [4.69, 9.17) is 9.84 Å². The maximum Gasteiger partial charge on any atom is 0.303 e. The number of aryl methyl sites for hydroxylation is 1. The van der Waals surface area contributed by atoms with E-state index in [0.717, 1.165) is 22.4 Å². The fourth-order valence-corrected chi connectivity index (χ4v) is 2.50. The third kappa shape index (κ3) is 4.75. The fraction of sp³-hybridized carbons (Fsp3) is 0.632. The summed E-state index contributed by atoms with van der Waals surface area (Å²) in [5, 5.41) is 8.95. The lowest BCUT2D eigenvalue weighted by Gasteiger charge is -2.30. The lowest BCUT2D eigenvalue weighted by atomic mass is 9.78. The molecule has 0 bridgehead atoms. The Morgan fingerprint density at radius 2 is 1.50 bits per heavy atom. The molecule has 0 fully saturated rings. The lowest BCUT2D eigenvalue weighted by molar-refractivity contribution is -0.136. The van der Waals surface area contributed by atoms with Crippen LogP contribution in [0.4, 0.5) is 0 Å². The molecule has 1 aromatic carbocycles. The van der Waals surface area contributed by atoms with Gasteiger partial charge in [0.25, 0.3) is 0 Å². The van der Waals surface area contributed by atoms with Gasteiger partial charge in [0.15, 0.2) is 0 Å². The van der Waals surface area contributed by atoms with Gasteiger partial charge < -0.3 is 9.84 Å². The first-order valence-corrected chi connectivity index (χ1v) is 7.99. The number of rotatable bonds is 5. The number of carboxylic acids is 1. The summed E-state index contributed by atoms with van der Waals surface area (Å²) in [5.41, 5.74) is 3.28. The van der Waals surface area contributed by atoms with E-state index in [1.54, 1.807) is 0 Å². The first-order chi connectivity index (χ1) is 9.96. The summed E-state index contributed by atoms with van der Waals surface area (Å²) in [6.45, 7) is 15.6. The average Bonchev–Trinajstić information content (AvgIpc) is 2.34. The van der Waals surface area contributed by atoms with Crippen LogP contribution in [0, 0.1) is 0 Å². The predicted octanol–water partition coefficient (Wildman–Crippen LogP) is 4.70. The van der Waals surface area contributed by atoms with Gasteiger partial charge in [-0.3, -0.25) is 4.79 Å². The molecular weight excluding hydrogens is 276 g/mol. The van der Waals surface area contributed by atoms with E-state index in [-0.39, 0.29) is 17.3 Å². The van der Waals surface area contributed by atoms with Crippen molar-refractivity contribution in [2.45, 2.75) is 72.1 Å². The van der Waals surface area contributed by atoms with Gasteiger partial charge in [0, 0.05) is 17.5 Å². The van der Waals surface area contributed by atoms with Gasteiger partial charge in [-0.1, -0.05) is 53.7 Å². The number of benzene rings is 1. The molecule has 0 spiro atoms. The Morgan fingerprint density at radius 1 is 1.05 bits per heavy atom. The second-order valence-corrected chi connectivity index (χ2v) is 7.85. The molecule has 0 saturated carbocycles. The number of carboxylic acid groups (broad SMARTS) is 1. The molecule has 0 unspecified atom stereocenters. The molecule has 1 aromatic rings. The molecule has 0 aliphatic heterocycles. The second kappa shape index (κ2) is 6.72. The van der Waals surface area contributed by atoms with Crippen LogP contribution >= 0.6 is 0 Å². The minimum absolute atomic E-state index is 0.0518. The minimum Gasteiger partial charge on any atom is -0.493 e. The molecule has 124 valence electrons. The van der Waals surface area contributed by atoms with E-state index in [2.05, 4.69) is 53.7 Å². The van der Waals surface area contributed by atoms with Gasteiger partial charge in [-0.15, -0.1) is 0 Å². The van der Waals surface area contributed by atoms with E-state index in [0.29, 0.717) is 13.0 Å². The van der Waals surface area contributed by atoms with Crippen molar-refractivity contribution in [1.29, 1.82) is 0 Å². The Bertz CT molecular complexity index is 496. The molecule has 22 heavy (non-hydrogen) atoms. The van der Waals surface area contributed by atoms with Crippen molar-refractivity contribution < 1.29 is 14.6 Å². The zero-order chi connectivity index (χ0) is 17.1. The third-order valence-electron chi connectivity index (χ3n) is 3.68. The quantitative estimate of drug-likeness (QED) is 0.858. The maximum atomic E-state index is 10.9. The number of hydrogen-bond donors (Lipinski definition) is 1. The third-order valence-corrected chi connectivity index (χ3v) is 3.68. The number of aliphatic carboxylic acids is 1. The van der Waals surface area contributed by atoms with Gasteiger partial charge in [0.05, 0.1) is 6.61 Å². The van der Waals surface area contributed by atoms with Crippen LogP contribution in [0.15, 0.2) is 12.1 Å². The maximum absolute atomic E-state index is 10.9. The first-order valence-electron chi connectivity index (χ1n) is 7.99. The summed E-state index contributed by atoms with van der Waals surface area (Å²) in [4.78, 5) is 10.9. The van der Waals surface area contributed by atoms with Gasteiger partial charge in [-0.2, -0.15) is 0 Å². The lowest BCUT2D eigenvalue weighted by Crippen LogP contribution is -2.20. The zero-order valence-electron chi connectivity index (χ0n) is 15.0. The van der Waals surface area contributed by atoms with Crippen molar-refractivity contribution in [3.05, 3.63) is 28.8 Å². The molecule has 0 aromatic heterocycles. The average molecular weight is 306 g/mol. The minimum atomic E-state index is -0.761. The number of carbonyl (C=O) groups is 1. The van der Waals surface area contributed by atoms with Crippen molar-refractivity contribution in [3.8, 4) is 5.75 Å². The normalized spacial score (nSPS) is 12.3. The van der Waals surface area contributed by atoms with E-state index in [1.807, 2.05) is 6.92 Å². The SMILES string of the molecule is CCOc1c(C(C)(C)C)cc(CCC(=O)O)cc1C(C)(C)C. The largest absolute Gasteiger partial charge is 0.493 e. The van der Waals surface area contributed by atoms with Crippen molar-refractivity contribution in [2.75, 3.05) is 6.61 Å². The van der Waals surface area contributed by atoms with Crippen LogP contribution in [-0.2, 0) is 22.0 Å². The molecule has 0 amide bonds. The van der Waals surface area contributed by atoms with Crippen LogP contribution in [0.1, 0.15) is 71.6 Å². The fourth-order valence-electron chi connectivity index (χ4n) is 2.50. The Kier molecular flexibility index (Phi) is 5.66. The first kappa shape index (κ1) is 18.5. The van der Waals surface area contributed by atoms with Crippen LogP contribution in [-0.4, -0.2) is 17.7 Å². The van der Waals surface area contributed by atoms with Crippen LogP contribution in [0.5, 0.6) is 5.75 Å². The highest BCUT2D eigenvalue weighted by Gasteiger charge is 2.27. The van der Waals surface area contributed by atoms with Gasteiger partial charge in [0.1, 0.15) is 5.75 Å². The molecule has 0 heterocycles. The summed E-state index contributed by atoms with van der Waals surface area (Å²) in [6.07, 6.45) is 0.703. The van der Waals surface area contributed by atoms with E-state index >= 15 is 0 Å². The summed E-state index contributed by atoms with van der Waals surface area (Å²) < 4.78 is 5.99. The van der Waals surface area contributed by atoms with E-state index in [1.165, 1.54) is 0 Å². The van der Waals surface area contributed by atoms with Gasteiger partial charge in [-0.25, -0.2) is 0 Å².